The third-order valence-corrected chi connectivity index (χ3v) is 2.16. The largest absolute Gasteiger partial charge is 0.336 e. The SMILES string of the molecule is CC(C)NC(=O)N1CCC[C@H](N)C1. The van der Waals surface area contributed by atoms with Crippen LogP contribution in [0.1, 0.15) is 26.7 Å². The summed E-state index contributed by atoms with van der Waals surface area (Å²) in [5, 5.41) is 2.86. The summed E-state index contributed by atoms with van der Waals surface area (Å²) in [6.45, 7) is 5.45. The molecule has 0 bridgehead atoms. The van der Waals surface area contributed by atoms with Gasteiger partial charge in [0.2, 0.25) is 0 Å². The Bertz CT molecular complexity index is 182. The van der Waals surface area contributed by atoms with Gasteiger partial charge in [-0.25, -0.2) is 4.79 Å². The maximum absolute atomic E-state index is 11.5. The summed E-state index contributed by atoms with van der Waals surface area (Å²) in [4.78, 5) is 13.3. The molecule has 1 aliphatic heterocycles. The van der Waals surface area contributed by atoms with E-state index in [4.69, 9.17) is 5.73 Å². The number of nitrogens with one attached hydrogen (secondary N) is 1. The van der Waals surface area contributed by atoms with Crippen LogP contribution in [0.25, 0.3) is 0 Å². The van der Waals surface area contributed by atoms with Crippen LogP contribution in [0.15, 0.2) is 0 Å². The molecule has 0 aromatic heterocycles. The van der Waals surface area contributed by atoms with E-state index in [1.54, 1.807) is 4.90 Å². The highest BCUT2D eigenvalue weighted by atomic mass is 16.2. The maximum Gasteiger partial charge on any atom is 0.317 e. The number of urea groups is 1. The van der Waals surface area contributed by atoms with E-state index in [-0.39, 0.29) is 18.1 Å². The molecule has 4 heteroatoms. The zero-order valence-electron chi connectivity index (χ0n) is 8.42. The molecule has 0 spiro atoms. The minimum atomic E-state index is 0.0187. The highest BCUT2D eigenvalue weighted by Gasteiger charge is 2.20. The van der Waals surface area contributed by atoms with Gasteiger partial charge in [-0.1, -0.05) is 0 Å². The first kappa shape index (κ1) is 10.3. The highest BCUT2D eigenvalue weighted by Crippen LogP contribution is 2.07. The molecule has 76 valence electrons. The number of hydrogen-bond acceptors (Lipinski definition) is 2. The summed E-state index contributed by atoms with van der Waals surface area (Å²) in [5.74, 6) is 0. The lowest BCUT2D eigenvalue weighted by molar-refractivity contribution is 0.177. The van der Waals surface area contributed by atoms with Crippen molar-refractivity contribution in [3.63, 3.8) is 0 Å². The molecule has 0 saturated carbocycles. The molecule has 0 aliphatic carbocycles. The second-order valence-electron chi connectivity index (χ2n) is 3.95. The quantitative estimate of drug-likeness (QED) is 0.626. The van der Waals surface area contributed by atoms with Crippen LogP contribution in [0.5, 0.6) is 0 Å². The van der Waals surface area contributed by atoms with Gasteiger partial charge in [0, 0.05) is 25.2 Å². The number of nitrogens with two attached hydrogens (primary N) is 1. The molecular weight excluding hydrogens is 166 g/mol. The van der Waals surface area contributed by atoms with Gasteiger partial charge in [0.25, 0.3) is 0 Å². The number of carbonyl (C=O) groups excluding carboxylic acids is 1. The normalized spacial score (nSPS) is 23.4. The van der Waals surface area contributed by atoms with E-state index < -0.39 is 0 Å². The maximum atomic E-state index is 11.5. The fraction of sp³-hybridized carbons (Fsp3) is 0.889. The molecule has 1 aliphatic rings. The van der Waals surface area contributed by atoms with E-state index in [0.717, 1.165) is 19.4 Å². The minimum absolute atomic E-state index is 0.0187. The van der Waals surface area contributed by atoms with E-state index in [1.807, 2.05) is 13.8 Å². The lowest BCUT2D eigenvalue weighted by Crippen LogP contribution is -2.50. The fourth-order valence-corrected chi connectivity index (χ4v) is 1.53. The van der Waals surface area contributed by atoms with Crippen LogP contribution < -0.4 is 11.1 Å². The predicted molar refractivity (Wildman–Crippen MR) is 52.5 cm³/mol. The Balaban J connectivity index is 2.37. The van der Waals surface area contributed by atoms with Crippen molar-refractivity contribution in [3.05, 3.63) is 0 Å². The first-order chi connectivity index (χ1) is 6.09. The molecule has 1 saturated heterocycles. The summed E-state index contributed by atoms with van der Waals surface area (Å²) < 4.78 is 0. The van der Waals surface area contributed by atoms with Crippen LogP contribution in [-0.2, 0) is 0 Å². The lowest BCUT2D eigenvalue weighted by atomic mass is 10.1. The molecule has 3 N–H and O–H groups in total. The third-order valence-electron chi connectivity index (χ3n) is 2.16. The van der Waals surface area contributed by atoms with Gasteiger partial charge in [0.15, 0.2) is 0 Å². The van der Waals surface area contributed by atoms with Crippen LogP contribution in [-0.4, -0.2) is 36.1 Å². The standard InChI is InChI=1S/C9H19N3O/c1-7(2)11-9(13)12-5-3-4-8(10)6-12/h7-8H,3-6,10H2,1-2H3,(H,11,13)/t8-/m0/s1. The van der Waals surface area contributed by atoms with E-state index in [2.05, 4.69) is 5.32 Å². The highest BCUT2D eigenvalue weighted by molar-refractivity contribution is 5.74. The van der Waals surface area contributed by atoms with Crippen LogP contribution in [0, 0.1) is 0 Å². The summed E-state index contributed by atoms with van der Waals surface area (Å²) in [6.07, 6.45) is 2.05. The van der Waals surface area contributed by atoms with Crippen LogP contribution in [0.4, 0.5) is 4.79 Å². The second-order valence-corrected chi connectivity index (χ2v) is 3.95. The molecule has 1 fully saturated rings. The van der Waals surface area contributed by atoms with Gasteiger partial charge >= 0.3 is 6.03 Å². The van der Waals surface area contributed by atoms with E-state index >= 15 is 0 Å². The van der Waals surface area contributed by atoms with Crippen LogP contribution in [0.3, 0.4) is 0 Å². The Morgan fingerprint density at radius 1 is 1.62 bits per heavy atom. The number of piperidine rings is 1. The van der Waals surface area contributed by atoms with Crippen LogP contribution >= 0.6 is 0 Å². The zero-order chi connectivity index (χ0) is 9.84. The van der Waals surface area contributed by atoms with Crippen molar-refractivity contribution in [2.24, 2.45) is 5.73 Å². The number of hydrogen-bond donors (Lipinski definition) is 2. The average molecular weight is 185 g/mol. The monoisotopic (exact) mass is 185 g/mol. The molecule has 13 heavy (non-hydrogen) atoms. The Labute approximate surface area is 79.5 Å². The van der Waals surface area contributed by atoms with Gasteiger partial charge in [-0.15, -0.1) is 0 Å². The first-order valence-electron chi connectivity index (χ1n) is 4.90. The Morgan fingerprint density at radius 2 is 2.31 bits per heavy atom. The van der Waals surface area contributed by atoms with Crippen molar-refractivity contribution < 1.29 is 4.79 Å². The molecular formula is C9H19N3O. The van der Waals surface area contributed by atoms with Gasteiger partial charge in [0.05, 0.1) is 0 Å². The Kier molecular flexibility index (Phi) is 3.54. The smallest absolute Gasteiger partial charge is 0.317 e. The Morgan fingerprint density at radius 3 is 2.85 bits per heavy atom. The third kappa shape index (κ3) is 3.22. The molecule has 2 amide bonds. The van der Waals surface area contributed by atoms with E-state index in [9.17, 15) is 4.79 Å². The average Bonchev–Trinajstić information content (AvgIpc) is 2.03. The van der Waals surface area contributed by atoms with Gasteiger partial charge in [-0.3, -0.25) is 0 Å². The summed E-state index contributed by atoms with van der Waals surface area (Å²) in [5.41, 5.74) is 5.77. The van der Waals surface area contributed by atoms with Gasteiger partial charge < -0.3 is 16.0 Å². The summed E-state index contributed by atoms with van der Waals surface area (Å²) in [6, 6.07) is 0.377. The minimum Gasteiger partial charge on any atom is -0.336 e. The van der Waals surface area contributed by atoms with Crippen molar-refractivity contribution in [1.29, 1.82) is 0 Å². The van der Waals surface area contributed by atoms with Crippen molar-refractivity contribution >= 4 is 6.03 Å². The number of likely N-dealkylation sites (tertiary alicyclic amines) is 1. The zero-order valence-corrected chi connectivity index (χ0v) is 8.42. The molecule has 0 unspecified atom stereocenters. The van der Waals surface area contributed by atoms with Gasteiger partial charge in [-0.05, 0) is 26.7 Å². The van der Waals surface area contributed by atoms with E-state index in [1.165, 1.54) is 0 Å². The number of nitrogens with zero attached hydrogens (tertiary/aromatic N) is 1. The van der Waals surface area contributed by atoms with Crippen molar-refractivity contribution in [1.82, 2.24) is 10.2 Å². The molecule has 0 aromatic rings. The molecule has 1 atom stereocenters. The summed E-state index contributed by atoms with van der Waals surface area (Å²) in [7, 11) is 0. The predicted octanol–water partition coefficient (Wildman–Crippen LogP) is 0.527. The molecule has 4 nitrogen and oxygen atoms in total. The molecule has 0 radical (unpaired) electrons. The topological polar surface area (TPSA) is 58.4 Å². The fourth-order valence-electron chi connectivity index (χ4n) is 1.53. The summed E-state index contributed by atoms with van der Waals surface area (Å²) >= 11 is 0. The van der Waals surface area contributed by atoms with Crippen LogP contribution in [0.2, 0.25) is 0 Å². The second kappa shape index (κ2) is 4.46. The molecule has 0 aromatic carbocycles. The molecule has 1 rings (SSSR count). The van der Waals surface area contributed by atoms with Gasteiger partial charge in [-0.2, -0.15) is 0 Å². The lowest BCUT2D eigenvalue weighted by Gasteiger charge is -2.31. The number of rotatable bonds is 1. The Hall–Kier alpha value is -0.770. The number of carbonyl (C=O) groups is 1. The first-order valence-corrected chi connectivity index (χ1v) is 4.90. The van der Waals surface area contributed by atoms with Gasteiger partial charge in [0.1, 0.15) is 0 Å². The number of amides is 2. The van der Waals surface area contributed by atoms with Crippen molar-refractivity contribution in [2.45, 2.75) is 38.8 Å². The van der Waals surface area contributed by atoms with Crippen molar-refractivity contribution in [2.75, 3.05) is 13.1 Å². The van der Waals surface area contributed by atoms with Crippen molar-refractivity contribution in [3.8, 4) is 0 Å². The van der Waals surface area contributed by atoms with E-state index in [0.29, 0.717) is 6.54 Å². The molecule has 1 heterocycles.